The Labute approximate surface area is 104 Å². The van der Waals surface area contributed by atoms with E-state index in [9.17, 15) is 8.78 Å². The summed E-state index contributed by atoms with van der Waals surface area (Å²) >= 11 is 0. The molecule has 2 rings (SSSR count). The number of benzene rings is 1. The standard InChI is InChI=1S/C13H14F2N2O/c1-8-9(2)18-13(17-8)7-16-6-10-5-11(14)3-4-12(10)15/h3-5,16H,6-7H2,1-2H3. The van der Waals surface area contributed by atoms with Gasteiger partial charge in [0, 0.05) is 12.1 Å². The van der Waals surface area contributed by atoms with E-state index in [1.807, 2.05) is 13.8 Å². The van der Waals surface area contributed by atoms with Gasteiger partial charge in [0.1, 0.15) is 17.4 Å². The van der Waals surface area contributed by atoms with Crippen LogP contribution in [0.1, 0.15) is 22.9 Å². The smallest absolute Gasteiger partial charge is 0.208 e. The molecule has 1 N–H and O–H groups in total. The zero-order valence-electron chi connectivity index (χ0n) is 10.3. The average molecular weight is 252 g/mol. The lowest BCUT2D eigenvalue weighted by Crippen LogP contribution is -2.14. The highest BCUT2D eigenvalue weighted by Gasteiger charge is 2.07. The summed E-state index contributed by atoms with van der Waals surface area (Å²) in [6, 6.07) is 3.39. The van der Waals surface area contributed by atoms with Gasteiger partial charge in [-0.15, -0.1) is 0 Å². The molecule has 1 aromatic carbocycles. The molecular formula is C13H14F2N2O. The third-order valence-electron chi connectivity index (χ3n) is 2.67. The molecule has 0 fully saturated rings. The van der Waals surface area contributed by atoms with Gasteiger partial charge in [-0.25, -0.2) is 13.8 Å². The number of aromatic nitrogens is 1. The van der Waals surface area contributed by atoms with Crippen LogP contribution in [0.4, 0.5) is 8.78 Å². The molecule has 2 aromatic rings. The monoisotopic (exact) mass is 252 g/mol. The molecule has 3 nitrogen and oxygen atoms in total. The Morgan fingerprint density at radius 1 is 1.22 bits per heavy atom. The molecule has 1 heterocycles. The van der Waals surface area contributed by atoms with Gasteiger partial charge in [0.25, 0.3) is 0 Å². The first-order valence-corrected chi connectivity index (χ1v) is 5.64. The number of nitrogens with zero attached hydrogens (tertiary/aromatic N) is 1. The first kappa shape index (κ1) is 12.7. The van der Waals surface area contributed by atoms with Gasteiger partial charge in [-0.05, 0) is 32.0 Å². The van der Waals surface area contributed by atoms with Crippen molar-refractivity contribution in [2.45, 2.75) is 26.9 Å². The minimum absolute atomic E-state index is 0.226. The molecule has 5 heteroatoms. The maximum atomic E-state index is 13.3. The summed E-state index contributed by atoms with van der Waals surface area (Å²) < 4.78 is 31.6. The molecule has 0 aliphatic heterocycles. The topological polar surface area (TPSA) is 38.1 Å². The second-order valence-corrected chi connectivity index (χ2v) is 4.09. The number of aryl methyl sites for hydroxylation is 2. The van der Waals surface area contributed by atoms with E-state index in [1.54, 1.807) is 0 Å². The number of hydrogen-bond acceptors (Lipinski definition) is 3. The molecule has 96 valence electrons. The first-order valence-electron chi connectivity index (χ1n) is 5.64. The van der Waals surface area contributed by atoms with E-state index in [0.29, 0.717) is 12.4 Å². The molecule has 1 aromatic heterocycles. The minimum Gasteiger partial charge on any atom is -0.444 e. The Bertz CT molecular complexity index is 532. The summed E-state index contributed by atoms with van der Waals surface area (Å²) in [6.07, 6.45) is 0. The van der Waals surface area contributed by atoms with E-state index in [4.69, 9.17) is 4.42 Å². The summed E-state index contributed by atoms with van der Waals surface area (Å²) in [6.45, 7) is 4.29. The molecule has 0 aliphatic carbocycles. The maximum absolute atomic E-state index is 13.3. The second-order valence-electron chi connectivity index (χ2n) is 4.09. The summed E-state index contributed by atoms with van der Waals surface area (Å²) in [5, 5.41) is 2.96. The van der Waals surface area contributed by atoms with E-state index in [2.05, 4.69) is 10.3 Å². The van der Waals surface area contributed by atoms with Crippen molar-refractivity contribution in [2.75, 3.05) is 0 Å². The van der Waals surface area contributed by atoms with Crippen LogP contribution in [-0.2, 0) is 13.1 Å². The average Bonchev–Trinajstić information content (AvgIpc) is 2.63. The van der Waals surface area contributed by atoms with Crippen LogP contribution in [0.3, 0.4) is 0 Å². The molecule has 0 unspecified atom stereocenters. The second kappa shape index (κ2) is 5.27. The maximum Gasteiger partial charge on any atom is 0.208 e. The summed E-state index contributed by atoms with van der Waals surface area (Å²) in [4.78, 5) is 4.18. The number of rotatable bonds is 4. The van der Waals surface area contributed by atoms with Crippen LogP contribution in [0.5, 0.6) is 0 Å². The third kappa shape index (κ3) is 2.92. The fourth-order valence-electron chi connectivity index (χ4n) is 1.60. The number of nitrogens with one attached hydrogen (secondary N) is 1. The Morgan fingerprint density at radius 3 is 2.67 bits per heavy atom. The van der Waals surface area contributed by atoms with Gasteiger partial charge in [0.15, 0.2) is 0 Å². The van der Waals surface area contributed by atoms with E-state index >= 15 is 0 Å². The highest BCUT2D eigenvalue weighted by Crippen LogP contribution is 2.11. The van der Waals surface area contributed by atoms with Crippen LogP contribution in [-0.4, -0.2) is 4.98 Å². The normalized spacial score (nSPS) is 10.9. The van der Waals surface area contributed by atoms with Crippen LogP contribution >= 0.6 is 0 Å². The highest BCUT2D eigenvalue weighted by atomic mass is 19.1. The van der Waals surface area contributed by atoms with Gasteiger partial charge < -0.3 is 9.73 Å². The first-order chi connectivity index (χ1) is 8.56. The van der Waals surface area contributed by atoms with E-state index in [1.165, 1.54) is 6.07 Å². The number of halogens is 2. The molecule has 0 saturated carbocycles. The fraction of sp³-hybridized carbons (Fsp3) is 0.308. The van der Waals surface area contributed by atoms with Crippen LogP contribution in [0.25, 0.3) is 0 Å². The van der Waals surface area contributed by atoms with Crippen molar-refractivity contribution in [3.05, 3.63) is 52.7 Å². The zero-order valence-corrected chi connectivity index (χ0v) is 10.3. The van der Waals surface area contributed by atoms with Crippen molar-refractivity contribution >= 4 is 0 Å². The quantitative estimate of drug-likeness (QED) is 0.909. The van der Waals surface area contributed by atoms with Gasteiger partial charge in [-0.2, -0.15) is 0 Å². The van der Waals surface area contributed by atoms with Gasteiger partial charge in [0.05, 0.1) is 12.2 Å². The predicted molar refractivity (Wildman–Crippen MR) is 62.9 cm³/mol. The van der Waals surface area contributed by atoms with Gasteiger partial charge >= 0.3 is 0 Å². The summed E-state index contributed by atoms with van der Waals surface area (Å²) in [7, 11) is 0. The fourth-order valence-corrected chi connectivity index (χ4v) is 1.60. The van der Waals surface area contributed by atoms with E-state index in [0.717, 1.165) is 23.6 Å². The number of oxazole rings is 1. The third-order valence-corrected chi connectivity index (χ3v) is 2.67. The molecule has 0 spiro atoms. The molecule has 0 saturated heterocycles. The van der Waals surface area contributed by atoms with E-state index < -0.39 is 11.6 Å². The molecule has 18 heavy (non-hydrogen) atoms. The Balaban J connectivity index is 1.94. The van der Waals surface area contributed by atoms with E-state index in [-0.39, 0.29) is 12.1 Å². The minimum atomic E-state index is -0.448. The van der Waals surface area contributed by atoms with Crippen LogP contribution in [0.2, 0.25) is 0 Å². The summed E-state index contributed by atoms with van der Waals surface area (Å²) in [5.74, 6) is 0.435. The summed E-state index contributed by atoms with van der Waals surface area (Å²) in [5.41, 5.74) is 1.12. The molecular weight excluding hydrogens is 238 g/mol. The van der Waals surface area contributed by atoms with Crippen molar-refractivity contribution in [1.82, 2.24) is 10.3 Å². The largest absolute Gasteiger partial charge is 0.444 e. The van der Waals surface area contributed by atoms with Crippen molar-refractivity contribution in [3.63, 3.8) is 0 Å². The highest BCUT2D eigenvalue weighted by molar-refractivity contribution is 5.18. The lowest BCUT2D eigenvalue weighted by atomic mass is 10.2. The Kier molecular flexibility index (Phi) is 3.72. The number of hydrogen-bond donors (Lipinski definition) is 1. The van der Waals surface area contributed by atoms with Crippen LogP contribution in [0.15, 0.2) is 22.6 Å². The van der Waals surface area contributed by atoms with Gasteiger partial charge in [-0.3, -0.25) is 0 Å². The molecule has 0 atom stereocenters. The van der Waals surface area contributed by atoms with Crippen molar-refractivity contribution in [2.24, 2.45) is 0 Å². The zero-order chi connectivity index (χ0) is 13.1. The molecule has 0 aliphatic rings. The Hall–Kier alpha value is -1.75. The predicted octanol–water partition coefficient (Wildman–Crippen LogP) is 2.86. The van der Waals surface area contributed by atoms with Crippen molar-refractivity contribution < 1.29 is 13.2 Å². The van der Waals surface area contributed by atoms with Crippen LogP contribution < -0.4 is 5.32 Å². The lowest BCUT2D eigenvalue weighted by molar-refractivity contribution is 0.446. The Morgan fingerprint density at radius 2 is 2.00 bits per heavy atom. The molecule has 0 bridgehead atoms. The molecule has 0 amide bonds. The lowest BCUT2D eigenvalue weighted by Gasteiger charge is -2.04. The van der Waals surface area contributed by atoms with Gasteiger partial charge in [0.2, 0.25) is 5.89 Å². The van der Waals surface area contributed by atoms with Crippen molar-refractivity contribution in [1.29, 1.82) is 0 Å². The molecule has 0 radical (unpaired) electrons. The van der Waals surface area contributed by atoms with Crippen LogP contribution in [0, 0.1) is 25.5 Å². The van der Waals surface area contributed by atoms with Gasteiger partial charge in [-0.1, -0.05) is 0 Å². The SMILES string of the molecule is Cc1nc(CNCc2cc(F)ccc2F)oc1C. The van der Waals surface area contributed by atoms with Crippen molar-refractivity contribution in [3.8, 4) is 0 Å².